The predicted molar refractivity (Wildman–Crippen MR) is 103 cm³/mol. The van der Waals surface area contributed by atoms with Crippen LogP contribution in [-0.4, -0.2) is 60.0 Å². The van der Waals surface area contributed by atoms with E-state index in [2.05, 4.69) is 0 Å². The van der Waals surface area contributed by atoms with Crippen LogP contribution in [0.5, 0.6) is 0 Å². The number of hydrogen-bond donors (Lipinski definition) is 1. The van der Waals surface area contributed by atoms with Crippen molar-refractivity contribution in [3.8, 4) is 0 Å². The predicted octanol–water partition coefficient (Wildman–Crippen LogP) is 1.15. The van der Waals surface area contributed by atoms with Crippen LogP contribution in [0.2, 0.25) is 0 Å². The fraction of sp³-hybridized carbons (Fsp3) is 0.783. The van der Waals surface area contributed by atoms with Crippen molar-refractivity contribution in [2.75, 3.05) is 13.7 Å². The summed E-state index contributed by atoms with van der Waals surface area (Å²) < 4.78 is 24.3. The maximum Gasteiger partial charge on any atom is 0.213 e. The van der Waals surface area contributed by atoms with E-state index in [0.717, 1.165) is 0 Å². The van der Waals surface area contributed by atoms with Gasteiger partial charge in [-0.2, -0.15) is 0 Å². The van der Waals surface area contributed by atoms with Gasteiger partial charge in [0.2, 0.25) is 23.1 Å². The van der Waals surface area contributed by atoms with Crippen LogP contribution in [0.15, 0.2) is 11.8 Å². The third-order valence-electron chi connectivity index (χ3n) is 9.03. The molecule has 0 amide bonds. The molecule has 3 saturated carbocycles. The van der Waals surface area contributed by atoms with Crippen molar-refractivity contribution < 1.29 is 38.4 Å². The highest BCUT2D eigenvalue weighted by atomic mass is 16.8. The molecule has 1 N–H and O–H groups in total. The first-order chi connectivity index (χ1) is 14.4. The number of allylic oxidation sites excluding steroid dienone is 2. The highest BCUT2D eigenvalue weighted by Gasteiger charge is 2.91. The van der Waals surface area contributed by atoms with Gasteiger partial charge >= 0.3 is 0 Å². The SMILES string of the molecule is COC1=CC(C)(C)[C@H]2[C@H](O)[C@]34OC[C@]2(C1=O)[C@@H]1CC[C@H]2C(=O)C(=O)[C@]13[C@@H]2OC(C)(C)O4. The molecule has 7 rings (SSSR count). The Balaban J connectivity index is 1.70. The van der Waals surface area contributed by atoms with Crippen LogP contribution < -0.4 is 0 Å². The minimum Gasteiger partial charge on any atom is -0.493 e. The maximum atomic E-state index is 13.9. The van der Waals surface area contributed by atoms with E-state index < -0.39 is 69.3 Å². The zero-order chi connectivity index (χ0) is 22.4. The van der Waals surface area contributed by atoms with Gasteiger partial charge in [-0.15, -0.1) is 0 Å². The highest BCUT2D eigenvalue weighted by Crippen LogP contribution is 2.77. The molecule has 31 heavy (non-hydrogen) atoms. The quantitative estimate of drug-likeness (QED) is 0.615. The summed E-state index contributed by atoms with van der Waals surface area (Å²) in [7, 11) is 1.45. The van der Waals surface area contributed by atoms with Crippen molar-refractivity contribution in [3.63, 3.8) is 0 Å². The Morgan fingerprint density at radius 3 is 2.48 bits per heavy atom. The minimum atomic E-state index is -1.74. The third-order valence-corrected chi connectivity index (χ3v) is 9.03. The molecule has 4 aliphatic carbocycles. The van der Waals surface area contributed by atoms with Crippen molar-refractivity contribution in [1.82, 2.24) is 0 Å². The van der Waals surface area contributed by atoms with Gasteiger partial charge in [0.25, 0.3) is 0 Å². The van der Waals surface area contributed by atoms with E-state index in [9.17, 15) is 19.5 Å². The van der Waals surface area contributed by atoms with Gasteiger partial charge in [0.05, 0.1) is 31.2 Å². The zero-order valence-electron chi connectivity index (χ0n) is 18.4. The molecule has 6 fully saturated rings. The van der Waals surface area contributed by atoms with Crippen LogP contribution in [0, 0.1) is 34.0 Å². The number of carbonyl (C=O) groups excluding carboxylic acids is 3. The molecule has 0 aromatic rings. The Kier molecular flexibility index (Phi) is 3.42. The molecular formula is C23H28O8. The first-order valence-corrected chi connectivity index (χ1v) is 11.0. The van der Waals surface area contributed by atoms with E-state index >= 15 is 0 Å². The summed E-state index contributed by atoms with van der Waals surface area (Å²) in [5.41, 5.74) is -3.39. The number of aliphatic hydroxyl groups excluding tert-OH is 1. The molecule has 3 saturated heterocycles. The smallest absolute Gasteiger partial charge is 0.213 e. The van der Waals surface area contributed by atoms with Crippen LogP contribution in [0.4, 0.5) is 0 Å². The number of carbonyl (C=O) groups is 3. The second-order valence-electron chi connectivity index (χ2n) is 11.1. The summed E-state index contributed by atoms with van der Waals surface area (Å²) in [4.78, 5) is 40.7. The number of ketones is 3. The summed E-state index contributed by atoms with van der Waals surface area (Å²) in [5, 5.41) is 11.9. The van der Waals surface area contributed by atoms with Crippen LogP contribution in [0.1, 0.15) is 40.5 Å². The van der Waals surface area contributed by atoms with Gasteiger partial charge in [-0.1, -0.05) is 13.8 Å². The average molecular weight is 432 g/mol. The normalized spacial score (nSPS) is 53.0. The Morgan fingerprint density at radius 1 is 1.10 bits per heavy atom. The molecule has 3 aliphatic heterocycles. The number of aliphatic hydroxyl groups is 1. The summed E-state index contributed by atoms with van der Waals surface area (Å²) in [6.45, 7) is 7.32. The number of Topliss-reactive ketones (excluding diaryl/α,β-unsaturated/α-hetero) is 3. The van der Waals surface area contributed by atoms with E-state index in [0.29, 0.717) is 12.8 Å². The van der Waals surface area contributed by atoms with Crippen LogP contribution in [0.3, 0.4) is 0 Å². The summed E-state index contributed by atoms with van der Waals surface area (Å²) >= 11 is 0. The summed E-state index contributed by atoms with van der Waals surface area (Å²) in [6.07, 6.45) is 0.603. The lowest BCUT2D eigenvalue weighted by Crippen LogP contribution is -2.88. The molecular weight excluding hydrogens is 404 g/mol. The molecule has 0 unspecified atom stereocenters. The highest BCUT2D eigenvalue weighted by molar-refractivity contribution is 6.43. The summed E-state index contributed by atoms with van der Waals surface area (Å²) in [6, 6.07) is 0. The number of hydrogen-bond acceptors (Lipinski definition) is 8. The largest absolute Gasteiger partial charge is 0.493 e. The van der Waals surface area contributed by atoms with Gasteiger partial charge < -0.3 is 24.1 Å². The van der Waals surface area contributed by atoms with Gasteiger partial charge in [-0.05, 0) is 44.1 Å². The lowest BCUT2D eigenvalue weighted by molar-refractivity contribution is -0.522. The van der Waals surface area contributed by atoms with E-state index in [1.54, 1.807) is 19.9 Å². The van der Waals surface area contributed by atoms with Crippen LogP contribution in [-0.2, 0) is 33.3 Å². The Labute approximate surface area is 180 Å². The van der Waals surface area contributed by atoms with E-state index in [-0.39, 0.29) is 18.1 Å². The fourth-order valence-electron chi connectivity index (χ4n) is 8.37. The summed E-state index contributed by atoms with van der Waals surface area (Å²) in [5.74, 6) is -5.85. The molecule has 7 aliphatic rings. The average Bonchev–Trinajstić information content (AvgIpc) is 2.80. The topological polar surface area (TPSA) is 108 Å². The number of methoxy groups -OCH3 is 1. The zero-order valence-corrected chi connectivity index (χ0v) is 18.4. The Hall–Kier alpha value is -1.61. The molecule has 8 atom stereocenters. The first kappa shape index (κ1) is 20.0. The van der Waals surface area contributed by atoms with E-state index in [1.807, 2.05) is 13.8 Å². The van der Waals surface area contributed by atoms with Gasteiger partial charge in [0, 0.05) is 5.92 Å². The second kappa shape index (κ2) is 5.30. The van der Waals surface area contributed by atoms with Gasteiger partial charge in [-0.3, -0.25) is 14.4 Å². The molecule has 0 aromatic heterocycles. The van der Waals surface area contributed by atoms with Crippen LogP contribution >= 0.6 is 0 Å². The van der Waals surface area contributed by atoms with E-state index in [1.165, 1.54) is 7.11 Å². The molecule has 8 nitrogen and oxygen atoms in total. The number of rotatable bonds is 1. The van der Waals surface area contributed by atoms with Crippen molar-refractivity contribution >= 4 is 17.3 Å². The van der Waals surface area contributed by atoms with Crippen molar-refractivity contribution in [2.45, 2.75) is 64.3 Å². The van der Waals surface area contributed by atoms with Crippen molar-refractivity contribution in [2.24, 2.45) is 34.0 Å². The molecule has 8 heteroatoms. The minimum absolute atomic E-state index is 0.000949. The standard InChI is InChI=1S/C23H28O8/c1-19(2)8-11(28-5)15(25)21-9-29-23(17(27)14(19)21)22-12(21)7-6-10(13(24)16(22)26)18(22)30-20(3,4)31-23/h8,10,12,14,17-18,27H,6-7,9H2,1-5H3/t10-,12-,14+,17-,18+,21-,22-,23+/m0/s1. The Morgan fingerprint density at radius 2 is 1.81 bits per heavy atom. The van der Waals surface area contributed by atoms with Gasteiger partial charge in [-0.25, -0.2) is 0 Å². The number of fused-ring (bicyclic) bond motifs is 1. The molecule has 3 spiro atoms. The monoisotopic (exact) mass is 432 g/mol. The Bertz CT molecular complexity index is 980. The lowest BCUT2D eigenvalue weighted by atomic mass is 9.36. The van der Waals surface area contributed by atoms with Crippen molar-refractivity contribution in [1.29, 1.82) is 0 Å². The number of ether oxygens (including phenoxy) is 4. The van der Waals surface area contributed by atoms with Gasteiger partial charge in [0.1, 0.15) is 11.5 Å². The van der Waals surface area contributed by atoms with Crippen LogP contribution in [0.25, 0.3) is 0 Å². The van der Waals surface area contributed by atoms with Crippen molar-refractivity contribution in [3.05, 3.63) is 11.8 Å². The maximum absolute atomic E-state index is 13.9. The lowest BCUT2D eigenvalue weighted by Gasteiger charge is -2.75. The fourth-order valence-corrected chi connectivity index (χ4v) is 8.37. The molecule has 3 heterocycles. The second-order valence-corrected chi connectivity index (χ2v) is 11.1. The molecule has 4 bridgehead atoms. The van der Waals surface area contributed by atoms with Gasteiger partial charge in [0.15, 0.2) is 11.5 Å². The molecule has 168 valence electrons. The third kappa shape index (κ3) is 1.78. The van der Waals surface area contributed by atoms with E-state index in [4.69, 9.17) is 18.9 Å². The molecule has 0 aromatic carbocycles. The molecule has 0 radical (unpaired) electrons. The first-order valence-electron chi connectivity index (χ1n) is 11.0.